The molecule has 0 fully saturated rings. The zero-order valence-corrected chi connectivity index (χ0v) is 18.2. The monoisotopic (exact) mass is 426 g/mol. The molecule has 1 heterocycles. The molecule has 0 aliphatic heterocycles. The number of hydrogen-bond acceptors (Lipinski definition) is 8. The zero-order valence-electron chi connectivity index (χ0n) is 17.3. The van der Waals surface area contributed by atoms with Gasteiger partial charge < -0.3 is 9.47 Å². The second kappa shape index (κ2) is 8.91. The topological polar surface area (TPSA) is 98.9 Å². The van der Waals surface area contributed by atoms with Crippen molar-refractivity contribution in [3.8, 4) is 22.8 Å². The Morgan fingerprint density at radius 3 is 2.43 bits per heavy atom. The molecule has 0 spiro atoms. The summed E-state index contributed by atoms with van der Waals surface area (Å²) in [4.78, 5) is 15.4. The third-order valence-electron chi connectivity index (χ3n) is 4.49. The minimum atomic E-state index is -0.522. The first-order valence-corrected chi connectivity index (χ1v) is 9.95. The molecule has 0 aliphatic rings. The number of rotatable bonds is 7. The van der Waals surface area contributed by atoms with E-state index in [1.165, 1.54) is 54.5 Å². The molecule has 3 aromatic rings. The van der Waals surface area contributed by atoms with Gasteiger partial charge in [-0.25, -0.2) is 4.98 Å². The van der Waals surface area contributed by atoms with Crippen LogP contribution in [0.5, 0.6) is 11.5 Å². The van der Waals surface area contributed by atoms with E-state index in [-0.39, 0.29) is 17.2 Å². The first-order chi connectivity index (χ1) is 14.3. The van der Waals surface area contributed by atoms with Crippen LogP contribution in [0.3, 0.4) is 0 Å². The van der Waals surface area contributed by atoms with Crippen molar-refractivity contribution in [2.24, 2.45) is 5.10 Å². The number of methoxy groups -OCH3 is 2. The van der Waals surface area contributed by atoms with Crippen LogP contribution in [0.25, 0.3) is 11.3 Å². The minimum Gasteiger partial charge on any atom is -0.493 e. The third kappa shape index (κ3) is 4.41. The Morgan fingerprint density at radius 2 is 1.83 bits per heavy atom. The molecule has 0 bridgehead atoms. The second-order valence-electron chi connectivity index (χ2n) is 6.71. The number of aryl methyl sites for hydroxylation is 3. The van der Waals surface area contributed by atoms with Crippen molar-refractivity contribution in [2.75, 3.05) is 19.6 Å². The van der Waals surface area contributed by atoms with E-state index in [9.17, 15) is 10.1 Å². The van der Waals surface area contributed by atoms with Crippen LogP contribution < -0.4 is 14.9 Å². The average molecular weight is 426 g/mol. The molecule has 1 N–H and O–H groups in total. The van der Waals surface area contributed by atoms with Crippen LogP contribution in [-0.4, -0.2) is 30.3 Å². The first kappa shape index (κ1) is 21.3. The average Bonchev–Trinajstić information content (AvgIpc) is 3.14. The minimum absolute atomic E-state index is 0.0704. The summed E-state index contributed by atoms with van der Waals surface area (Å²) in [5.41, 5.74) is 8.74. The molecule has 3 rings (SSSR count). The van der Waals surface area contributed by atoms with Gasteiger partial charge in [0.2, 0.25) is 10.9 Å². The number of nitro benzene ring substituents is 1. The molecule has 0 saturated heterocycles. The lowest BCUT2D eigenvalue weighted by atomic mass is 9.98. The molecule has 0 unspecified atom stereocenters. The molecule has 2 aromatic carbocycles. The number of nitrogens with one attached hydrogen (secondary N) is 1. The number of ether oxygens (including phenoxy) is 2. The summed E-state index contributed by atoms with van der Waals surface area (Å²) >= 11 is 1.43. The highest BCUT2D eigenvalue weighted by Crippen LogP contribution is 2.37. The molecule has 0 amide bonds. The summed E-state index contributed by atoms with van der Waals surface area (Å²) in [7, 11) is 2.78. The van der Waals surface area contributed by atoms with Crippen molar-refractivity contribution in [3.63, 3.8) is 0 Å². The van der Waals surface area contributed by atoms with Gasteiger partial charge in [-0.15, -0.1) is 11.3 Å². The third-order valence-corrected chi connectivity index (χ3v) is 5.24. The number of nitro groups is 1. The second-order valence-corrected chi connectivity index (χ2v) is 7.57. The summed E-state index contributed by atoms with van der Waals surface area (Å²) < 4.78 is 10.3. The Labute approximate surface area is 178 Å². The lowest BCUT2D eigenvalue weighted by Crippen LogP contribution is -1.99. The Hall–Kier alpha value is -3.46. The molecular formula is C21H22N4O4S. The van der Waals surface area contributed by atoms with Gasteiger partial charge in [0.15, 0.2) is 5.75 Å². The lowest BCUT2D eigenvalue weighted by Gasteiger charge is -2.09. The van der Waals surface area contributed by atoms with E-state index < -0.39 is 4.92 Å². The van der Waals surface area contributed by atoms with Crippen LogP contribution in [-0.2, 0) is 0 Å². The maximum Gasteiger partial charge on any atom is 0.315 e. The summed E-state index contributed by atoms with van der Waals surface area (Å²) in [6.07, 6.45) is 1.47. The molecule has 0 radical (unpaired) electrons. The normalized spacial score (nSPS) is 11.0. The molecule has 156 valence electrons. The quantitative estimate of drug-likeness (QED) is 0.320. The Morgan fingerprint density at radius 1 is 1.13 bits per heavy atom. The van der Waals surface area contributed by atoms with Crippen molar-refractivity contribution in [1.82, 2.24) is 4.98 Å². The van der Waals surface area contributed by atoms with Gasteiger partial charge in [-0.2, -0.15) is 5.10 Å². The molecule has 0 atom stereocenters. The number of hydrazone groups is 1. The van der Waals surface area contributed by atoms with Crippen LogP contribution in [0.1, 0.15) is 22.3 Å². The number of nitrogens with zero attached hydrogens (tertiary/aromatic N) is 3. The van der Waals surface area contributed by atoms with Crippen molar-refractivity contribution in [1.29, 1.82) is 0 Å². The number of thiazole rings is 1. The zero-order chi connectivity index (χ0) is 21.8. The van der Waals surface area contributed by atoms with Crippen LogP contribution in [0.15, 0.2) is 34.7 Å². The van der Waals surface area contributed by atoms with Crippen LogP contribution >= 0.6 is 11.3 Å². The smallest absolute Gasteiger partial charge is 0.315 e. The van der Waals surface area contributed by atoms with Gasteiger partial charge >= 0.3 is 5.69 Å². The fourth-order valence-electron chi connectivity index (χ4n) is 3.36. The van der Waals surface area contributed by atoms with Gasteiger partial charge in [0.05, 0.1) is 31.1 Å². The molecule has 8 nitrogen and oxygen atoms in total. The van der Waals surface area contributed by atoms with Crippen LogP contribution in [0.4, 0.5) is 10.8 Å². The van der Waals surface area contributed by atoms with Gasteiger partial charge in [0.1, 0.15) is 0 Å². The maximum atomic E-state index is 11.3. The van der Waals surface area contributed by atoms with Crippen molar-refractivity contribution >= 4 is 28.4 Å². The van der Waals surface area contributed by atoms with Crippen LogP contribution in [0.2, 0.25) is 0 Å². The van der Waals surface area contributed by atoms with E-state index in [4.69, 9.17) is 9.47 Å². The Kier molecular flexibility index (Phi) is 6.31. The molecular weight excluding hydrogens is 404 g/mol. The van der Waals surface area contributed by atoms with Gasteiger partial charge in [-0.3, -0.25) is 15.5 Å². The summed E-state index contributed by atoms with van der Waals surface area (Å²) in [6.45, 7) is 6.22. The lowest BCUT2D eigenvalue weighted by molar-refractivity contribution is -0.385. The van der Waals surface area contributed by atoms with Gasteiger partial charge in [-0.1, -0.05) is 17.7 Å². The van der Waals surface area contributed by atoms with Gasteiger partial charge in [0, 0.05) is 22.6 Å². The van der Waals surface area contributed by atoms with Crippen LogP contribution in [0, 0.1) is 30.9 Å². The van der Waals surface area contributed by atoms with Crippen molar-refractivity contribution < 1.29 is 14.4 Å². The predicted octanol–water partition coefficient (Wildman–Crippen LogP) is 5.11. The van der Waals surface area contributed by atoms with E-state index >= 15 is 0 Å². The number of benzene rings is 2. The summed E-state index contributed by atoms with van der Waals surface area (Å²) in [5, 5.41) is 18.1. The SMILES string of the molecule is COc1cc(/C=N\Nc2nc(-c3c(C)cc(C)cc3C)cs2)cc([N+](=O)[O-])c1OC. The van der Waals surface area contributed by atoms with Crippen molar-refractivity contribution in [2.45, 2.75) is 20.8 Å². The van der Waals surface area contributed by atoms with E-state index in [0.29, 0.717) is 10.7 Å². The highest BCUT2D eigenvalue weighted by atomic mass is 32.1. The van der Waals surface area contributed by atoms with Gasteiger partial charge in [0.25, 0.3) is 0 Å². The summed E-state index contributed by atoms with van der Waals surface area (Å²) in [6, 6.07) is 7.26. The largest absolute Gasteiger partial charge is 0.493 e. The van der Waals surface area contributed by atoms with E-state index in [1.54, 1.807) is 6.07 Å². The summed E-state index contributed by atoms with van der Waals surface area (Å²) in [5.74, 6) is 0.330. The number of hydrogen-bond donors (Lipinski definition) is 1. The molecule has 30 heavy (non-hydrogen) atoms. The van der Waals surface area contributed by atoms with Crippen molar-refractivity contribution in [3.05, 3.63) is 62.0 Å². The van der Waals surface area contributed by atoms with E-state index in [1.807, 2.05) is 5.38 Å². The molecule has 1 aromatic heterocycles. The Balaban J connectivity index is 1.82. The highest BCUT2D eigenvalue weighted by Gasteiger charge is 2.21. The standard InChI is InChI=1S/C21H22N4O4S/c1-12-6-13(2)19(14(3)7-12)16-11-30-21(23-16)24-22-10-15-8-17(25(26)27)20(29-5)18(9-15)28-4/h6-11H,1-5H3,(H,23,24)/b22-10-. The fourth-order valence-corrected chi connectivity index (χ4v) is 4.01. The van der Waals surface area contributed by atoms with E-state index in [0.717, 1.165) is 11.3 Å². The van der Waals surface area contributed by atoms with E-state index in [2.05, 4.69) is 48.4 Å². The molecule has 0 aliphatic carbocycles. The molecule has 0 saturated carbocycles. The first-order valence-electron chi connectivity index (χ1n) is 9.07. The maximum absolute atomic E-state index is 11.3. The predicted molar refractivity (Wildman–Crippen MR) is 119 cm³/mol. The Bertz CT molecular complexity index is 1100. The number of aromatic nitrogens is 1. The number of anilines is 1. The highest BCUT2D eigenvalue weighted by molar-refractivity contribution is 7.14. The fraction of sp³-hybridized carbons (Fsp3) is 0.238. The van der Waals surface area contributed by atoms with Gasteiger partial charge in [-0.05, 0) is 38.0 Å². The molecule has 9 heteroatoms.